The number of piperidine rings is 1. The van der Waals surface area contributed by atoms with Gasteiger partial charge in [-0.2, -0.15) is 0 Å². The maximum absolute atomic E-state index is 13.0. The highest BCUT2D eigenvalue weighted by Gasteiger charge is 2.33. The smallest absolute Gasteiger partial charge is 0.233 e. The molecule has 10 nitrogen and oxygen atoms in total. The van der Waals surface area contributed by atoms with Crippen molar-refractivity contribution in [2.24, 2.45) is 0 Å². The van der Waals surface area contributed by atoms with Gasteiger partial charge in [-0.3, -0.25) is 15.0 Å². The summed E-state index contributed by atoms with van der Waals surface area (Å²) in [5.74, 6) is -0.457. The Bertz CT molecular complexity index is 1190. The van der Waals surface area contributed by atoms with Crippen molar-refractivity contribution < 1.29 is 23.2 Å². The number of hydroxylamine groups is 2. The summed E-state index contributed by atoms with van der Waals surface area (Å²) < 4.78 is 33.5. The lowest BCUT2D eigenvalue weighted by Crippen LogP contribution is -2.44. The molecule has 1 saturated heterocycles. The lowest BCUT2D eigenvalue weighted by Gasteiger charge is -2.32. The van der Waals surface area contributed by atoms with Gasteiger partial charge in [-0.25, -0.2) is 22.8 Å². The summed E-state index contributed by atoms with van der Waals surface area (Å²) in [6, 6.07) is 8.86. The van der Waals surface area contributed by atoms with Gasteiger partial charge >= 0.3 is 0 Å². The van der Waals surface area contributed by atoms with Crippen LogP contribution in [-0.4, -0.2) is 69.3 Å². The van der Waals surface area contributed by atoms with E-state index in [4.69, 9.17) is 4.74 Å². The molecule has 2 aromatic heterocycles. The summed E-state index contributed by atoms with van der Waals surface area (Å²) in [6.07, 6.45) is 4.06. The van der Waals surface area contributed by atoms with Crippen molar-refractivity contribution in [1.29, 1.82) is 0 Å². The van der Waals surface area contributed by atoms with Gasteiger partial charge < -0.3 is 9.72 Å². The Hall–Kier alpha value is -2.86. The standard InChI is InChI=1S/C22H27N5O5S/c1-16-10-17(19-4-2-3-5-20(19)25-16)12-32-18-6-8-26(9-7-18)33(30,31)13-22(27(29)15-28)21-11-23-14-24-21/h2-5,10-11,14-15,18,22,29H,6-9,12-13H2,1H3,(H,23,24). The number of sulfonamides is 1. The molecule has 0 bridgehead atoms. The van der Waals surface area contributed by atoms with Gasteiger partial charge in [-0.05, 0) is 37.5 Å². The van der Waals surface area contributed by atoms with Crippen molar-refractivity contribution in [2.45, 2.75) is 38.5 Å². The van der Waals surface area contributed by atoms with E-state index in [9.17, 15) is 18.4 Å². The van der Waals surface area contributed by atoms with Gasteiger partial charge in [-0.1, -0.05) is 18.2 Å². The molecular weight excluding hydrogens is 446 g/mol. The second-order valence-corrected chi connectivity index (χ2v) is 10.1. The van der Waals surface area contributed by atoms with Gasteiger partial charge in [0.15, 0.2) is 0 Å². The van der Waals surface area contributed by atoms with Crippen LogP contribution in [0.4, 0.5) is 0 Å². The first kappa shape index (κ1) is 23.3. The summed E-state index contributed by atoms with van der Waals surface area (Å²) in [5.41, 5.74) is 3.18. The number of imidazole rings is 1. The summed E-state index contributed by atoms with van der Waals surface area (Å²) in [5, 5.41) is 11.3. The maximum atomic E-state index is 13.0. The molecule has 1 aliphatic rings. The topological polar surface area (TPSA) is 129 Å². The molecule has 0 saturated carbocycles. The van der Waals surface area contributed by atoms with Gasteiger partial charge in [0.1, 0.15) is 6.04 Å². The largest absolute Gasteiger partial charge is 0.373 e. The molecule has 0 radical (unpaired) electrons. The van der Waals surface area contributed by atoms with Crippen LogP contribution < -0.4 is 0 Å². The molecule has 4 rings (SSSR count). The van der Waals surface area contributed by atoms with Crippen LogP contribution in [0.1, 0.15) is 35.8 Å². The lowest BCUT2D eigenvalue weighted by molar-refractivity contribution is -0.159. The molecule has 1 amide bonds. The summed E-state index contributed by atoms with van der Waals surface area (Å²) in [7, 11) is -3.73. The number of aromatic amines is 1. The number of carbonyl (C=O) groups excluding carboxylic acids is 1. The molecule has 0 spiro atoms. The first-order chi connectivity index (χ1) is 15.9. The number of carbonyl (C=O) groups is 1. The second-order valence-electron chi connectivity index (χ2n) is 8.12. The van der Waals surface area contributed by atoms with Crippen LogP contribution in [0.3, 0.4) is 0 Å². The number of nitrogens with zero attached hydrogens (tertiary/aromatic N) is 4. The predicted molar refractivity (Wildman–Crippen MR) is 121 cm³/mol. The minimum absolute atomic E-state index is 0.0601. The number of aromatic nitrogens is 3. The minimum Gasteiger partial charge on any atom is -0.373 e. The molecule has 1 unspecified atom stereocenters. The normalized spacial score (nSPS) is 16.7. The summed E-state index contributed by atoms with van der Waals surface area (Å²) >= 11 is 0. The number of fused-ring (bicyclic) bond motifs is 1. The highest BCUT2D eigenvalue weighted by atomic mass is 32.2. The van der Waals surface area contributed by atoms with Crippen LogP contribution in [-0.2, 0) is 26.2 Å². The Morgan fingerprint density at radius 3 is 2.79 bits per heavy atom. The molecule has 1 aromatic carbocycles. The zero-order valence-corrected chi connectivity index (χ0v) is 19.1. The monoisotopic (exact) mass is 473 g/mol. The van der Waals surface area contributed by atoms with E-state index in [1.165, 1.54) is 16.8 Å². The Morgan fingerprint density at radius 2 is 2.09 bits per heavy atom. The molecule has 2 N–H and O–H groups in total. The fourth-order valence-electron chi connectivity index (χ4n) is 4.13. The number of hydrogen-bond donors (Lipinski definition) is 2. The van der Waals surface area contributed by atoms with E-state index in [2.05, 4.69) is 15.0 Å². The van der Waals surface area contributed by atoms with E-state index in [1.54, 1.807) is 0 Å². The van der Waals surface area contributed by atoms with Gasteiger partial charge in [0.05, 0.1) is 36.0 Å². The molecule has 33 heavy (non-hydrogen) atoms. The number of H-pyrrole nitrogens is 1. The number of rotatable bonds is 9. The second kappa shape index (κ2) is 9.96. The predicted octanol–water partition coefficient (Wildman–Crippen LogP) is 2.17. The van der Waals surface area contributed by atoms with Gasteiger partial charge in [0, 0.05) is 30.4 Å². The van der Waals surface area contributed by atoms with Crippen molar-refractivity contribution >= 4 is 27.3 Å². The van der Waals surface area contributed by atoms with E-state index in [0.717, 1.165) is 22.2 Å². The van der Waals surface area contributed by atoms with Crippen LogP contribution in [0.2, 0.25) is 0 Å². The molecule has 176 valence electrons. The molecule has 11 heteroatoms. The molecule has 3 aromatic rings. The number of benzene rings is 1. The number of ether oxygens (including phenoxy) is 1. The minimum atomic E-state index is -3.73. The van der Waals surface area contributed by atoms with Gasteiger partial charge in [0.2, 0.25) is 16.4 Å². The van der Waals surface area contributed by atoms with E-state index < -0.39 is 21.8 Å². The number of amides is 1. The first-order valence-electron chi connectivity index (χ1n) is 10.7. The highest BCUT2D eigenvalue weighted by molar-refractivity contribution is 7.89. The summed E-state index contributed by atoms with van der Waals surface area (Å²) in [6.45, 7) is 3.00. The molecular formula is C22H27N5O5S. The number of hydrogen-bond acceptors (Lipinski definition) is 7. The zero-order chi connectivity index (χ0) is 23.4. The van der Waals surface area contributed by atoms with E-state index >= 15 is 0 Å². The van der Waals surface area contributed by atoms with Crippen LogP contribution >= 0.6 is 0 Å². The molecule has 1 atom stereocenters. The lowest BCUT2D eigenvalue weighted by atomic mass is 10.1. The maximum Gasteiger partial charge on any atom is 0.233 e. The molecule has 0 aliphatic carbocycles. The van der Waals surface area contributed by atoms with Crippen LogP contribution in [0.25, 0.3) is 10.9 Å². The average molecular weight is 474 g/mol. The third-order valence-electron chi connectivity index (χ3n) is 5.86. The van der Waals surface area contributed by atoms with E-state index in [0.29, 0.717) is 37.6 Å². The number of pyridine rings is 1. The van der Waals surface area contributed by atoms with E-state index in [-0.39, 0.29) is 18.2 Å². The van der Waals surface area contributed by atoms with Crippen molar-refractivity contribution in [3.8, 4) is 0 Å². The fraction of sp³-hybridized carbons (Fsp3) is 0.409. The third kappa shape index (κ3) is 5.38. The Labute approximate surface area is 192 Å². The number of aryl methyl sites for hydroxylation is 1. The fourth-order valence-corrected chi connectivity index (χ4v) is 5.83. The van der Waals surface area contributed by atoms with E-state index in [1.807, 2.05) is 37.3 Å². The van der Waals surface area contributed by atoms with Crippen molar-refractivity contribution in [3.63, 3.8) is 0 Å². The van der Waals surface area contributed by atoms with Gasteiger partial charge in [0.25, 0.3) is 0 Å². The zero-order valence-electron chi connectivity index (χ0n) is 18.3. The Kier molecular flexibility index (Phi) is 7.03. The third-order valence-corrected chi connectivity index (χ3v) is 7.74. The quantitative estimate of drug-likeness (QED) is 0.277. The van der Waals surface area contributed by atoms with Crippen molar-refractivity contribution in [3.05, 3.63) is 59.8 Å². The van der Waals surface area contributed by atoms with Crippen LogP contribution in [0.15, 0.2) is 42.9 Å². The Balaban J connectivity index is 1.36. The highest BCUT2D eigenvalue weighted by Crippen LogP contribution is 2.25. The summed E-state index contributed by atoms with van der Waals surface area (Å²) in [4.78, 5) is 22.3. The molecule has 1 aliphatic heterocycles. The average Bonchev–Trinajstić information content (AvgIpc) is 3.35. The number of nitrogens with one attached hydrogen (secondary N) is 1. The first-order valence-corrected chi connectivity index (χ1v) is 12.3. The van der Waals surface area contributed by atoms with Gasteiger partial charge in [-0.15, -0.1) is 0 Å². The number of para-hydroxylation sites is 1. The SMILES string of the molecule is Cc1cc(COC2CCN(S(=O)(=O)CC(c3c[nH]cn3)N(O)C=O)CC2)c2ccccc2n1. The Morgan fingerprint density at radius 1 is 1.33 bits per heavy atom. The molecule has 3 heterocycles. The van der Waals surface area contributed by atoms with Crippen molar-refractivity contribution in [2.75, 3.05) is 18.8 Å². The van der Waals surface area contributed by atoms with Crippen LogP contribution in [0, 0.1) is 6.92 Å². The van der Waals surface area contributed by atoms with Crippen LogP contribution in [0.5, 0.6) is 0 Å². The van der Waals surface area contributed by atoms with Crippen molar-refractivity contribution in [1.82, 2.24) is 24.3 Å². The molecule has 1 fully saturated rings.